The van der Waals surface area contributed by atoms with Crippen molar-refractivity contribution in [1.82, 2.24) is 26.2 Å². The van der Waals surface area contributed by atoms with E-state index in [1.165, 1.54) is 11.0 Å². The predicted molar refractivity (Wildman–Crippen MR) is 179 cm³/mol. The number of piperidine rings is 1. The normalized spacial score (nSPS) is 21.3. The van der Waals surface area contributed by atoms with Crippen LogP contribution in [-0.4, -0.2) is 77.5 Å². The van der Waals surface area contributed by atoms with E-state index in [1.54, 1.807) is 51.1 Å². The van der Waals surface area contributed by atoms with Gasteiger partial charge >= 0.3 is 6.03 Å². The van der Waals surface area contributed by atoms with Crippen LogP contribution in [0.2, 0.25) is 0 Å². The summed E-state index contributed by atoms with van der Waals surface area (Å²) < 4.78 is 0. The maximum absolute atomic E-state index is 14.3. The third-order valence-corrected chi connectivity index (χ3v) is 9.28. The van der Waals surface area contributed by atoms with Gasteiger partial charge in [-0.3, -0.25) is 24.0 Å². The number of fused-ring (bicyclic) bond motifs is 1. The molecule has 1 aromatic rings. The molecule has 3 rings (SSSR count). The minimum Gasteiger partial charge on any atom is -0.346 e. The molecule has 6 atom stereocenters. The molecule has 0 radical (unpaired) electrons. The van der Waals surface area contributed by atoms with E-state index in [1.807, 2.05) is 27.7 Å². The first kappa shape index (κ1) is 37.0. The third kappa shape index (κ3) is 8.47. The van der Waals surface area contributed by atoms with E-state index >= 15 is 0 Å². The van der Waals surface area contributed by atoms with Crippen LogP contribution >= 0.6 is 0 Å². The highest BCUT2D eigenvalue weighted by atomic mass is 16.2. The Labute approximate surface area is 278 Å². The molecule has 11 nitrogen and oxygen atoms in total. The number of carbonyl (C=O) groups excluding carboxylic acids is 6. The van der Waals surface area contributed by atoms with Gasteiger partial charge in [0.05, 0.1) is 12.1 Å². The number of hydrogen-bond acceptors (Lipinski definition) is 6. The lowest BCUT2D eigenvalue weighted by atomic mass is 9.85. The van der Waals surface area contributed by atoms with E-state index in [2.05, 4.69) is 33.8 Å². The number of nitrogens with zero attached hydrogens (tertiary/aromatic N) is 1. The van der Waals surface area contributed by atoms with E-state index in [0.717, 1.165) is 0 Å². The smallest absolute Gasteiger partial charge is 0.316 e. The van der Waals surface area contributed by atoms with Crippen LogP contribution in [0.3, 0.4) is 0 Å². The standard InChI is InChI=1S/C36H49N5O6/c1-10-12-18-24(29(43)32(45)37-19-11-2)38-31(44)27-25-23(36(25,8)9)20-41(27)33(46)30(35(5,6)7)40-34(47)39-26(21(3)4)28(42)22-16-14-13-15-17-22/h1,11,13-17,21,23-27,30H,2,12,18-20H2,3-9H3,(H,37,45)(H,38,44)(H2,39,40,47)/t23-,24?,25-,26-,27-,30+/m0/s1. The molecular weight excluding hydrogens is 598 g/mol. The van der Waals surface area contributed by atoms with Crippen molar-refractivity contribution in [2.75, 3.05) is 13.1 Å². The van der Waals surface area contributed by atoms with Crippen LogP contribution in [-0.2, 0) is 19.2 Å². The zero-order valence-corrected chi connectivity index (χ0v) is 28.5. The molecule has 11 heteroatoms. The number of amides is 5. The van der Waals surface area contributed by atoms with E-state index in [-0.39, 0.29) is 54.9 Å². The Morgan fingerprint density at radius 2 is 1.70 bits per heavy atom. The molecule has 5 amide bonds. The Morgan fingerprint density at radius 3 is 2.26 bits per heavy atom. The summed E-state index contributed by atoms with van der Waals surface area (Å²) in [5.41, 5.74) is -0.550. The second-order valence-corrected chi connectivity index (χ2v) is 14.4. The third-order valence-electron chi connectivity index (χ3n) is 9.28. The van der Waals surface area contributed by atoms with Gasteiger partial charge in [0, 0.05) is 25.1 Å². The number of rotatable bonds is 14. The van der Waals surface area contributed by atoms with E-state index in [0.29, 0.717) is 5.56 Å². The van der Waals surface area contributed by atoms with Gasteiger partial charge in [0.25, 0.3) is 5.91 Å². The van der Waals surface area contributed by atoms with Crippen LogP contribution in [0.5, 0.6) is 0 Å². The maximum atomic E-state index is 14.3. The molecule has 1 aliphatic carbocycles. The van der Waals surface area contributed by atoms with Crippen LogP contribution in [0.4, 0.5) is 4.79 Å². The highest BCUT2D eigenvalue weighted by molar-refractivity contribution is 6.38. The number of nitrogens with one attached hydrogen (secondary N) is 4. The van der Waals surface area contributed by atoms with Crippen molar-refractivity contribution < 1.29 is 28.8 Å². The van der Waals surface area contributed by atoms with E-state index in [9.17, 15) is 28.8 Å². The summed E-state index contributed by atoms with van der Waals surface area (Å²) in [5, 5.41) is 10.7. The summed E-state index contributed by atoms with van der Waals surface area (Å²) in [6.45, 7) is 17.0. The van der Waals surface area contributed by atoms with Crippen LogP contribution in [0.15, 0.2) is 43.0 Å². The number of likely N-dealkylation sites (tertiary alicyclic amines) is 1. The van der Waals surface area contributed by atoms with E-state index in [4.69, 9.17) is 6.42 Å². The second kappa shape index (κ2) is 15.0. The molecular formula is C36H49N5O6. The number of carbonyl (C=O) groups is 6. The van der Waals surface area contributed by atoms with Crippen molar-refractivity contribution >= 4 is 35.3 Å². The Hall–Kier alpha value is -4.46. The molecule has 1 aromatic carbocycles. The van der Waals surface area contributed by atoms with Crippen molar-refractivity contribution in [3.05, 3.63) is 48.6 Å². The lowest BCUT2D eigenvalue weighted by Crippen LogP contribution is -2.62. The van der Waals surface area contributed by atoms with E-state index < -0.39 is 59.1 Å². The highest BCUT2D eigenvalue weighted by Gasteiger charge is 2.70. The molecule has 1 aliphatic heterocycles. The van der Waals surface area contributed by atoms with Crippen molar-refractivity contribution in [3.63, 3.8) is 0 Å². The average molecular weight is 648 g/mol. The Morgan fingerprint density at radius 1 is 1.06 bits per heavy atom. The Kier molecular flexibility index (Phi) is 11.8. The van der Waals surface area contributed by atoms with Crippen molar-refractivity contribution in [1.29, 1.82) is 0 Å². The summed E-state index contributed by atoms with van der Waals surface area (Å²) in [6.07, 6.45) is 7.04. The van der Waals surface area contributed by atoms with Crippen molar-refractivity contribution in [2.45, 2.75) is 85.5 Å². The van der Waals surface area contributed by atoms with Crippen LogP contribution in [0.1, 0.15) is 71.7 Å². The number of urea groups is 1. The molecule has 0 spiro atoms. The lowest BCUT2D eigenvalue weighted by Gasteiger charge is -2.38. The number of hydrogen-bond donors (Lipinski definition) is 4. The summed E-state index contributed by atoms with van der Waals surface area (Å²) in [4.78, 5) is 81.8. The minimum atomic E-state index is -1.18. The van der Waals surface area contributed by atoms with Gasteiger partial charge in [0.2, 0.25) is 17.6 Å². The fourth-order valence-corrected chi connectivity index (χ4v) is 6.42. The van der Waals surface area contributed by atoms with Gasteiger partial charge in [0.1, 0.15) is 12.1 Å². The monoisotopic (exact) mass is 647 g/mol. The zero-order valence-electron chi connectivity index (χ0n) is 28.5. The second-order valence-electron chi connectivity index (χ2n) is 14.4. The fourth-order valence-electron chi connectivity index (χ4n) is 6.42. The van der Waals surface area contributed by atoms with Gasteiger partial charge in [-0.25, -0.2) is 4.79 Å². The molecule has 1 unspecified atom stereocenters. The fraction of sp³-hybridized carbons (Fsp3) is 0.556. The first-order chi connectivity index (χ1) is 22.0. The highest BCUT2D eigenvalue weighted by Crippen LogP contribution is 2.65. The van der Waals surface area contributed by atoms with Gasteiger partial charge < -0.3 is 26.2 Å². The van der Waals surface area contributed by atoms with Gasteiger partial charge in [-0.05, 0) is 35.0 Å². The molecule has 4 N–H and O–H groups in total. The molecule has 2 aliphatic rings. The predicted octanol–water partition coefficient (Wildman–Crippen LogP) is 2.86. The van der Waals surface area contributed by atoms with Crippen LogP contribution < -0.4 is 21.3 Å². The zero-order chi connectivity index (χ0) is 35.3. The van der Waals surface area contributed by atoms with Crippen molar-refractivity contribution in [2.24, 2.45) is 28.6 Å². The summed E-state index contributed by atoms with van der Waals surface area (Å²) in [7, 11) is 0. The lowest BCUT2D eigenvalue weighted by molar-refractivity contribution is -0.145. The molecule has 0 bridgehead atoms. The summed E-state index contributed by atoms with van der Waals surface area (Å²) in [5.74, 6) is -0.933. The van der Waals surface area contributed by atoms with Crippen molar-refractivity contribution in [3.8, 4) is 12.3 Å². The topological polar surface area (TPSA) is 154 Å². The molecule has 1 heterocycles. The number of Topliss-reactive ketones (excluding diaryl/α,β-unsaturated/α-hetero) is 2. The molecule has 254 valence electrons. The Balaban J connectivity index is 1.84. The van der Waals surface area contributed by atoms with Gasteiger partial charge in [0.15, 0.2) is 5.78 Å². The van der Waals surface area contributed by atoms with Crippen LogP contribution in [0, 0.1) is 40.9 Å². The molecule has 0 aromatic heterocycles. The molecule has 2 fully saturated rings. The minimum absolute atomic E-state index is 0.0289. The molecule has 1 saturated carbocycles. The first-order valence-corrected chi connectivity index (χ1v) is 16.1. The number of benzene rings is 1. The van der Waals surface area contributed by atoms with Gasteiger partial charge in [-0.15, -0.1) is 18.9 Å². The van der Waals surface area contributed by atoms with Gasteiger partial charge in [-0.1, -0.05) is 84.9 Å². The van der Waals surface area contributed by atoms with Crippen LogP contribution in [0.25, 0.3) is 0 Å². The largest absolute Gasteiger partial charge is 0.346 e. The Bertz CT molecular complexity index is 1420. The molecule has 1 saturated heterocycles. The average Bonchev–Trinajstić information content (AvgIpc) is 3.33. The van der Waals surface area contributed by atoms with Gasteiger partial charge in [-0.2, -0.15) is 0 Å². The maximum Gasteiger partial charge on any atom is 0.316 e. The number of ketones is 2. The SMILES string of the molecule is C#CCCC(NC(=O)[C@@H]1[C@@H]2[C@H](CN1C(=O)[C@@H](NC(=O)N[C@H](C(=O)c1ccccc1)C(C)C)C(C)(C)C)C2(C)C)C(=O)C(=O)NCC=C. The quantitative estimate of drug-likeness (QED) is 0.105. The summed E-state index contributed by atoms with van der Waals surface area (Å²) in [6, 6.07) is 3.97. The first-order valence-electron chi connectivity index (χ1n) is 16.1. The summed E-state index contributed by atoms with van der Waals surface area (Å²) >= 11 is 0. The number of terminal acetylenes is 1. The molecule has 47 heavy (non-hydrogen) atoms.